The summed E-state index contributed by atoms with van der Waals surface area (Å²) in [5, 5.41) is 1.37. The van der Waals surface area contributed by atoms with Crippen molar-refractivity contribution in [3.8, 4) is 5.75 Å². The third kappa shape index (κ3) is 3.67. The topological polar surface area (TPSA) is 65.7 Å². The minimum absolute atomic E-state index is 0.144. The Morgan fingerprint density at radius 1 is 1.07 bits per heavy atom. The number of ether oxygens (including phenoxy) is 2. The van der Waals surface area contributed by atoms with Crippen LogP contribution in [0.25, 0.3) is 21.9 Å². The average molecular weight is 382 g/mol. The Morgan fingerprint density at radius 2 is 1.75 bits per heavy atom. The Kier molecular flexibility index (Phi) is 5.59. The molecule has 6 heteroatoms. The van der Waals surface area contributed by atoms with E-state index >= 15 is 0 Å². The normalized spacial score (nSPS) is 10.8. The van der Waals surface area contributed by atoms with Crippen molar-refractivity contribution in [3.63, 3.8) is 0 Å². The fraction of sp³-hybridized carbons (Fsp3) is 0.182. The van der Waals surface area contributed by atoms with Gasteiger partial charge in [-0.15, -0.1) is 0 Å². The van der Waals surface area contributed by atoms with Crippen LogP contribution >= 0.6 is 0 Å². The maximum atomic E-state index is 14.9. The quantitative estimate of drug-likeness (QED) is 0.254. The van der Waals surface area contributed by atoms with Gasteiger partial charge in [0.05, 0.1) is 6.61 Å². The lowest BCUT2D eigenvalue weighted by molar-refractivity contribution is -0.137. The smallest absolute Gasteiger partial charge is 0.335 e. The summed E-state index contributed by atoms with van der Waals surface area (Å²) in [7, 11) is 0. The van der Waals surface area contributed by atoms with Crippen LogP contribution < -0.4 is 4.74 Å². The Hall–Kier alpha value is -3.41. The van der Waals surface area contributed by atoms with Crippen LogP contribution in [0.5, 0.6) is 5.75 Å². The number of carbonyl (C=O) groups is 2. The van der Waals surface area contributed by atoms with Crippen LogP contribution in [0.15, 0.2) is 54.0 Å². The van der Waals surface area contributed by atoms with Crippen molar-refractivity contribution in [2.24, 2.45) is 0 Å². The Bertz CT molecular complexity index is 1090. The van der Waals surface area contributed by atoms with Gasteiger partial charge in [0, 0.05) is 28.5 Å². The first kappa shape index (κ1) is 19.4. The largest absolute Gasteiger partial charge is 0.463 e. The van der Waals surface area contributed by atoms with Crippen LogP contribution in [0, 0.1) is 12.7 Å². The fourth-order valence-corrected chi connectivity index (χ4v) is 2.98. The van der Waals surface area contributed by atoms with E-state index in [2.05, 4.69) is 13.2 Å². The summed E-state index contributed by atoms with van der Waals surface area (Å²) in [6.45, 7) is 8.61. The predicted molar refractivity (Wildman–Crippen MR) is 104 cm³/mol. The first-order valence-corrected chi connectivity index (χ1v) is 8.73. The van der Waals surface area contributed by atoms with Crippen molar-refractivity contribution in [1.29, 1.82) is 0 Å². The molecule has 0 saturated heterocycles. The van der Waals surface area contributed by atoms with E-state index in [9.17, 15) is 14.0 Å². The average Bonchev–Trinajstić information content (AvgIpc) is 3.08. The molecule has 0 aliphatic carbocycles. The second-order valence-corrected chi connectivity index (χ2v) is 6.18. The van der Waals surface area contributed by atoms with E-state index in [1.54, 1.807) is 31.2 Å². The number of rotatable bonds is 7. The highest BCUT2D eigenvalue weighted by Gasteiger charge is 2.18. The van der Waals surface area contributed by atoms with E-state index in [1.807, 2.05) is 0 Å². The molecule has 0 unspecified atom stereocenters. The molecule has 0 fully saturated rings. The van der Waals surface area contributed by atoms with Crippen molar-refractivity contribution in [3.05, 3.63) is 66.5 Å². The summed E-state index contributed by atoms with van der Waals surface area (Å²) < 4.78 is 30.8. The first-order valence-electron chi connectivity index (χ1n) is 8.73. The SMILES string of the molecule is C=CC(=O)OCCCc1ccc2c(oc3c(C)c(OC(=O)C=C)ccc32)c1F. The number of fused-ring (bicyclic) bond motifs is 3. The summed E-state index contributed by atoms with van der Waals surface area (Å²) in [6, 6.07) is 6.87. The molecule has 0 spiro atoms. The van der Waals surface area contributed by atoms with Crippen LogP contribution in [0.2, 0.25) is 0 Å². The molecule has 1 heterocycles. The lowest BCUT2D eigenvalue weighted by Crippen LogP contribution is -2.04. The molecule has 0 aliphatic rings. The molecule has 0 N–H and O–H groups in total. The molecule has 0 amide bonds. The molecule has 0 aliphatic heterocycles. The summed E-state index contributed by atoms with van der Waals surface area (Å²) >= 11 is 0. The van der Waals surface area contributed by atoms with Gasteiger partial charge in [0.25, 0.3) is 0 Å². The van der Waals surface area contributed by atoms with Crippen LogP contribution in [-0.4, -0.2) is 18.5 Å². The highest BCUT2D eigenvalue weighted by molar-refractivity contribution is 6.07. The molecule has 0 bridgehead atoms. The fourth-order valence-electron chi connectivity index (χ4n) is 2.98. The number of carbonyl (C=O) groups excluding carboxylic acids is 2. The van der Waals surface area contributed by atoms with Gasteiger partial charge in [0.15, 0.2) is 11.4 Å². The number of hydrogen-bond donors (Lipinski definition) is 0. The molecule has 28 heavy (non-hydrogen) atoms. The van der Waals surface area contributed by atoms with Gasteiger partial charge in [0.2, 0.25) is 0 Å². The van der Waals surface area contributed by atoms with Crippen molar-refractivity contribution >= 4 is 33.9 Å². The van der Waals surface area contributed by atoms with E-state index < -0.39 is 17.8 Å². The summed E-state index contributed by atoms with van der Waals surface area (Å²) in [4.78, 5) is 22.5. The van der Waals surface area contributed by atoms with Crippen LogP contribution in [0.3, 0.4) is 0 Å². The van der Waals surface area contributed by atoms with Crippen LogP contribution in [-0.2, 0) is 20.7 Å². The van der Waals surface area contributed by atoms with Gasteiger partial charge in [-0.2, -0.15) is 0 Å². The summed E-state index contributed by atoms with van der Waals surface area (Å²) in [6.07, 6.45) is 3.03. The van der Waals surface area contributed by atoms with Gasteiger partial charge < -0.3 is 13.9 Å². The highest BCUT2D eigenvalue weighted by Crippen LogP contribution is 2.37. The molecule has 1 aromatic heterocycles. The molecule has 0 atom stereocenters. The molecule has 5 nitrogen and oxygen atoms in total. The molecule has 144 valence electrons. The maximum Gasteiger partial charge on any atom is 0.335 e. The van der Waals surface area contributed by atoms with E-state index in [4.69, 9.17) is 13.9 Å². The van der Waals surface area contributed by atoms with Gasteiger partial charge in [-0.25, -0.2) is 14.0 Å². The number of hydrogen-bond acceptors (Lipinski definition) is 5. The first-order chi connectivity index (χ1) is 13.5. The van der Waals surface area contributed by atoms with Crippen molar-refractivity contribution < 1.29 is 27.9 Å². The van der Waals surface area contributed by atoms with Gasteiger partial charge in [-0.1, -0.05) is 19.2 Å². The Balaban J connectivity index is 1.91. The molecular weight excluding hydrogens is 363 g/mol. The minimum Gasteiger partial charge on any atom is -0.463 e. The second kappa shape index (κ2) is 8.08. The molecule has 3 rings (SSSR count). The Labute approximate surface area is 161 Å². The van der Waals surface area contributed by atoms with Crippen molar-refractivity contribution in [1.82, 2.24) is 0 Å². The van der Waals surface area contributed by atoms with Crippen LogP contribution in [0.4, 0.5) is 4.39 Å². The van der Waals surface area contributed by atoms with Gasteiger partial charge in [0.1, 0.15) is 11.3 Å². The summed E-state index contributed by atoms with van der Waals surface area (Å²) in [5.41, 5.74) is 1.67. The minimum atomic E-state index is -0.579. The second-order valence-electron chi connectivity index (χ2n) is 6.18. The molecule has 0 saturated carbocycles. The predicted octanol–water partition coefficient (Wildman–Crippen LogP) is 4.79. The lowest BCUT2D eigenvalue weighted by Gasteiger charge is -2.05. The summed E-state index contributed by atoms with van der Waals surface area (Å²) in [5.74, 6) is -1.20. The zero-order chi connectivity index (χ0) is 20.3. The van der Waals surface area contributed by atoms with Crippen molar-refractivity contribution in [2.45, 2.75) is 19.8 Å². The highest BCUT2D eigenvalue weighted by atomic mass is 19.1. The lowest BCUT2D eigenvalue weighted by atomic mass is 10.0. The maximum absolute atomic E-state index is 14.9. The van der Waals surface area contributed by atoms with E-state index in [0.29, 0.717) is 40.7 Å². The van der Waals surface area contributed by atoms with Gasteiger partial charge >= 0.3 is 11.9 Å². The number of benzene rings is 2. The van der Waals surface area contributed by atoms with E-state index in [0.717, 1.165) is 17.5 Å². The van der Waals surface area contributed by atoms with Gasteiger partial charge in [-0.3, -0.25) is 0 Å². The van der Waals surface area contributed by atoms with Crippen LogP contribution in [0.1, 0.15) is 17.5 Å². The third-order valence-corrected chi connectivity index (χ3v) is 4.41. The zero-order valence-corrected chi connectivity index (χ0v) is 15.4. The van der Waals surface area contributed by atoms with E-state index in [1.165, 1.54) is 0 Å². The van der Waals surface area contributed by atoms with Crippen molar-refractivity contribution in [2.75, 3.05) is 6.61 Å². The third-order valence-electron chi connectivity index (χ3n) is 4.41. The standard InChI is InChI=1S/C22H19FO5/c1-4-18(24)26-12-6-7-14-8-9-16-15-10-11-17(27-19(25)5-2)13(3)21(15)28-22(16)20(14)23/h4-5,8-11H,1-2,6-7,12H2,3H3. The molecule has 3 aromatic rings. The monoisotopic (exact) mass is 382 g/mol. The number of halogens is 1. The Morgan fingerprint density at radius 3 is 2.46 bits per heavy atom. The van der Waals surface area contributed by atoms with Gasteiger partial charge in [-0.05, 0) is 43.5 Å². The van der Waals surface area contributed by atoms with E-state index in [-0.39, 0.29) is 12.2 Å². The number of aryl methyl sites for hydroxylation is 2. The molecule has 0 radical (unpaired) electrons. The molecular formula is C22H19FO5. The molecule has 2 aromatic carbocycles. The zero-order valence-electron chi connectivity index (χ0n) is 15.4. The number of furan rings is 1. The number of esters is 2.